The van der Waals surface area contributed by atoms with Crippen LogP contribution in [0.4, 0.5) is 15.8 Å². The summed E-state index contributed by atoms with van der Waals surface area (Å²) in [4.78, 5) is 38.9. The van der Waals surface area contributed by atoms with Crippen LogP contribution in [0.3, 0.4) is 0 Å². The van der Waals surface area contributed by atoms with Gasteiger partial charge in [0, 0.05) is 49.1 Å². The first-order chi connectivity index (χ1) is 13.8. The van der Waals surface area contributed by atoms with Crippen LogP contribution in [-0.2, 0) is 4.79 Å². The Balaban J connectivity index is 1.53. The molecule has 0 aliphatic carbocycles. The topological polar surface area (TPSA) is 95.8 Å². The standard InChI is InChI=1S/C20H21FN4O4/c1-14-2-3-15(12-18(14)25(28)29)20(27)24-10-8-23(9-11-24)13-19(26)22-17-6-4-16(21)5-7-17/h2-7,12H,8-11,13H2,1H3,(H,22,26). The average molecular weight is 400 g/mol. The van der Waals surface area contributed by atoms with Crippen molar-refractivity contribution in [2.45, 2.75) is 6.92 Å². The highest BCUT2D eigenvalue weighted by molar-refractivity contribution is 5.95. The molecule has 8 nitrogen and oxygen atoms in total. The van der Waals surface area contributed by atoms with Crippen molar-refractivity contribution >= 4 is 23.2 Å². The van der Waals surface area contributed by atoms with Gasteiger partial charge >= 0.3 is 0 Å². The number of piperazine rings is 1. The molecule has 1 aliphatic heterocycles. The van der Waals surface area contributed by atoms with Crippen LogP contribution >= 0.6 is 0 Å². The molecule has 0 unspecified atom stereocenters. The van der Waals surface area contributed by atoms with E-state index in [1.165, 1.54) is 30.3 Å². The fraction of sp³-hybridized carbons (Fsp3) is 0.300. The maximum atomic E-state index is 12.9. The summed E-state index contributed by atoms with van der Waals surface area (Å²) in [6, 6.07) is 9.99. The number of anilines is 1. The molecule has 1 heterocycles. The van der Waals surface area contributed by atoms with Crippen molar-refractivity contribution in [3.8, 4) is 0 Å². The smallest absolute Gasteiger partial charge is 0.273 e. The number of amides is 2. The molecule has 1 fully saturated rings. The minimum absolute atomic E-state index is 0.0769. The number of nitro benzene ring substituents is 1. The van der Waals surface area contributed by atoms with Crippen molar-refractivity contribution in [2.75, 3.05) is 38.0 Å². The zero-order chi connectivity index (χ0) is 21.0. The van der Waals surface area contributed by atoms with Crippen LogP contribution in [0.5, 0.6) is 0 Å². The summed E-state index contributed by atoms with van der Waals surface area (Å²) in [7, 11) is 0. The molecule has 1 aliphatic rings. The lowest BCUT2D eigenvalue weighted by Crippen LogP contribution is -2.50. The molecule has 1 N–H and O–H groups in total. The van der Waals surface area contributed by atoms with Crippen LogP contribution in [0.1, 0.15) is 15.9 Å². The van der Waals surface area contributed by atoms with Gasteiger partial charge in [0.25, 0.3) is 11.6 Å². The highest BCUT2D eigenvalue weighted by Crippen LogP contribution is 2.20. The normalized spacial score (nSPS) is 14.5. The molecule has 3 rings (SSSR count). The second-order valence-corrected chi connectivity index (χ2v) is 6.88. The van der Waals surface area contributed by atoms with E-state index in [4.69, 9.17) is 0 Å². The molecule has 2 aromatic carbocycles. The molecule has 0 aromatic heterocycles. The van der Waals surface area contributed by atoms with E-state index in [2.05, 4.69) is 5.32 Å². The van der Waals surface area contributed by atoms with Crippen molar-refractivity contribution in [3.63, 3.8) is 0 Å². The molecule has 0 spiro atoms. The third-order valence-corrected chi connectivity index (χ3v) is 4.81. The SMILES string of the molecule is Cc1ccc(C(=O)N2CCN(CC(=O)Nc3ccc(F)cc3)CC2)cc1[N+](=O)[O-]. The molecular formula is C20H21FN4O4. The van der Waals surface area contributed by atoms with Gasteiger partial charge in [-0.05, 0) is 37.3 Å². The van der Waals surface area contributed by atoms with Crippen LogP contribution in [0, 0.1) is 22.9 Å². The van der Waals surface area contributed by atoms with Gasteiger partial charge in [0.15, 0.2) is 0 Å². The number of carbonyl (C=O) groups is 2. The molecule has 152 valence electrons. The third-order valence-electron chi connectivity index (χ3n) is 4.81. The summed E-state index contributed by atoms with van der Waals surface area (Å²) < 4.78 is 12.9. The fourth-order valence-electron chi connectivity index (χ4n) is 3.17. The van der Waals surface area contributed by atoms with Crippen molar-refractivity contribution in [1.29, 1.82) is 0 Å². The molecule has 29 heavy (non-hydrogen) atoms. The van der Waals surface area contributed by atoms with E-state index in [-0.39, 0.29) is 35.4 Å². The zero-order valence-electron chi connectivity index (χ0n) is 15.9. The number of carbonyl (C=O) groups excluding carboxylic acids is 2. The van der Waals surface area contributed by atoms with Gasteiger partial charge in [0.1, 0.15) is 5.82 Å². The lowest BCUT2D eigenvalue weighted by molar-refractivity contribution is -0.385. The van der Waals surface area contributed by atoms with Crippen molar-refractivity contribution < 1.29 is 18.9 Å². The van der Waals surface area contributed by atoms with Gasteiger partial charge in [-0.25, -0.2) is 4.39 Å². The summed E-state index contributed by atoms with van der Waals surface area (Å²) >= 11 is 0. The molecule has 2 aromatic rings. The molecule has 0 atom stereocenters. The number of hydrogen-bond acceptors (Lipinski definition) is 5. The zero-order valence-corrected chi connectivity index (χ0v) is 15.9. The van der Waals surface area contributed by atoms with Crippen molar-refractivity contribution in [1.82, 2.24) is 9.80 Å². The first-order valence-corrected chi connectivity index (χ1v) is 9.15. The Bertz CT molecular complexity index is 925. The van der Waals surface area contributed by atoms with Crippen LogP contribution in [0.15, 0.2) is 42.5 Å². The Morgan fingerprint density at radius 3 is 2.38 bits per heavy atom. The molecule has 0 bridgehead atoms. The van der Waals surface area contributed by atoms with E-state index in [0.29, 0.717) is 37.4 Å². The Morgan fingerprint density at radius 1 is 1.10 bits per heavy atom. The summed E-state index contributed by atoms with van der Waals surface area (Å²) in [6.07, 6.45) is 0. The predicted molar refractivity (Wildman–Crippen MR) is 105 cm³/mol. The first-order valence-electron chi connectivity index (χ1n) is 9.15. The molecule has 1 saturated heterocycles. The number of benzene rings is 2. The number of hydrogen-bond donors (Lipinski definition) is 1. The lowest BCUT2D eigenvalue weighted by Gasteiger charge is -2.34. The minimum Gasteiger partial charge on any atom is -0.336 e. The van der Waals surface area contributed by atoms with Crippen LogP contribution in [-0.4, -0.2) is 59.3 Å². The third kappa shape index (κ3) is 5.14. The molecule has 9 heteroatoms. The maximum absolute atomic E-state index is 12.9. The lowest BCUT2D eigenvalue weighted by atomic mass is 10.1. The summed E-state index contributed by atoms with van der Waals surface area (Å²) in [5.41, 5.74) is 1.23. The Morgan fingerprint density at radius 2 is 1.76 bits per heavy atom. The van der Waals surface area contributed by atoms with E-state index in [0.717, 1.165) is 0 Å². The Hall–Kier alpha value is -3.33. The van der Waals surface area contributed by atoms with Gasteiger partial charge in [-0.3, -0.25) is 24.6 Å². The molecule has 2 amide bonds. The average Bonchev–Trinajstić information content (AvgIpc) is 2.70. The summed E-state index contributed by atoms with van der Waals surface area (Å²) in [5, 5.41) is 13.8. The number of halogens is 1. The molecular weight excluding hydrogens is 379 g/mol. The number of nitrogens with one attached hydrogen (secondary N) is 1. The van der Waals surface area contributed by atoms with Gasteiger partial charge in [-0.2, -0.15) is 0 Å². The number of aryl methyl sites for hydroxylation is 1. The Labute approximate surface area is 167 Å². The molecule has 0 radical (unpaired) electrons. The second kappa shape index (κ2) is 8.78. The summed E-state index contributed by atoms with van der Waals surface area (Å²) in [6.45, 7) is 3.65. The highest BCUT2D eigenvalue weighted by Gasteiger charge is 2.25. The van der Waals surface area contributed by atoms with Gasteiger partial charge < -0.3 is 10.2 Å². The van der Waals surface area contributed by atoms with Gasteiger partial charge in [0.05, 0.1) is 11.5 Å². The van der Waals surface area contributed by atoms with Crippen molar-refractivity contribution in [3.05, 3.63) is 69.5 Å². The largest absolute Gasteiger partial charge is 0.336 e. The highest BCUT2D eigenvalue weighted by atomic mass is 19.1. The molecule has 0 saturated carbocycles. The maximum Gasteiger partial charge on any atom is 0.273 e. The van der Waals surface area contributed by atoms with E-state index in [1.54, 1.807) is 24.0 Å². The predicted octanol–water partition coefficient (Wildman–Crippen LogP) is 2.44. The number of nitrogens with zero attached hydrogens (tertiary/aromatic N) is 3. The minimum atomic E-state index is -0.496. The first kappa shape index (κ1) is 20.4. The Kier molecular flexibility index (Phi) is 6.18. The van der Waals surface area contributed by atoms with Crippen LogP contribution in [0.2, 0.25) is 0 Å². The van der Waals surface area contributed by atoms with Gasteiger partial charge in [0.2, 0.25) is 5.91 Å². The van der Waals surface area contributed by atoms with Crippen LogP contribution in [0.25, 0.3) is 0 Å². The van der Waals surface area contributed by atoms with Gasteiger partial charge in [-0.15, -0.1) is 0 Å². The van der Waals surface area contributed by atoms with E-state index < -0.39 is 4.92 Å². The van der Waals surface area contributed by atoms with Gasteiger partial charge in [-0.1, -0.05) is 6.07 Å². The van der Waals surface area contributed by atoms with E-state index >= 15 is 0 Å². The second-order valence-electron chi connectivity index (χ2n) is 6.88. The van der Waals surface area contributed by atoms with E-state index in [1.807, 2.05) is 4.90 Å². The van der Waals surface area contributed by atoms with E-state index in [9.17, 15) is 24.1 Å². The monoisotopic (exact) mass is 400 g/mol. The summed E-state index contributed by atoms with van der Waals surface area (Å²) in [5.74, 6) is -0.850. The number of nitro groups is 1. The quantitative estimate of drug-likeness (QED) is 0.614. The number of rotatable bonds is 5. The fourth-order valence-corrected chi connectivity index (χ4v) is 3.17. The van der Waals surface area contributed by atoms with Crippen LogP contribution < -0.4 is 5.32 Å². The van der Waals surface area contributed by atoms with Crippen molar-refractivity contribution in [2.24, 2.45) is 0 Å².